The summed E-state index contributed by atoms with van der Waals surface area (Å²) in [6.07, 6.45) is 0.376. The summed E-state index contributed by atoms with van der Waals surface area (Å²) in [5.74, 6) is 0. The molecule has 6 atom stereocenters. The summed E-state index contributed by atoms with van der Waals surface area (Å²) in [6, 6.07) is 0. The van der Waals surface area contributed by atoms with Crippen molar-refractivity contribution in [3.63, 3.8) is 0 Å². The molecule has 5 heteroatoms. The molecular formula is C10H21N3O2. The quantitative estimate of drug-likeness (QED) is 0.477. The largest absolute Gasteiger partial charge is 0.392 e. The van der Waals surface area contributed by atoms with E-state index in [0.717, 1.165) is 26.2 Å². The van der Waals surface area contributed by atoms with Gasteiger partial charge in [0.15, 0.2) is 0 Å². The first kappa shape index (κ1) is 11.3. The highest BCUT2D eigenvalue weighted by Crippen LogP contribution is 2.21. The van der Waals surface area contributed by atoms with Crippen LogP contribution in [0.15, 0.2) is 0 Å². The van der Waals surface area contributed by atoms with E-state index in [1.165, 1.54) is 0 Å². The van der Waals surface area contributed by atoms with E-state index in [2.05, 4.69) is 15.1 Å². The molecule has 0 bridgehead atoms. The number of rotatable bonds is 6. The zero-order valence-corrected chi connectivity index (χ0v) is 9.43. The minimum absolute atomic E-state index is 0.246. The van der Waals surface area contributed by atoms with E-state index in [9.17, 15) is 10.2 Å². The fourth-order valence-corrected chi connectivity index (χ4v) is 1.97. The molecule has 2 heterocycles. The van der Waals surface area contributed by atoms with Crippen LogP contribution in [0.5, 0.6) is 0 Å². The van der Waals surface area contributed by atoms with Gasteiger partial charge in [-0.1, -0.05) is 0 Å². The van der Waals surface area contributed by atoms with Crippen LogP contribution in [0, 0.1) is 0 Å². The molecule has 0 aromatic carbocycles. The highest BCUT2D eigenvalue weighted by Gasteiger charge is 2.42. The summed E-state index contributed by atoms with van der Waals surface area (Å²) in [7, 11) is 0. The summed E-state index contributed by atoms with van der Waals surface area (Å²) in [5.41, 5.74) is 0. The van der Waals surface area contributed by atoms with E-state index in [1.807, 2.05) is 13.8 Å². The maximum Gasteiger partial charge on any atom is 0.0743 e. The molecular weight excluding hydrogens is 194 g/mol. The fraction of sp³-hybridized carbons (Fsp3) is 1.00. The standard InChI is InChI=1S/C10H21N3O2/c1-7(14)3-12-5-9(12)11-10-6-13(10)4-8(2)15/h7-11,14-15H,3-6H2,1-2H3. The topological polar surface area (TPSA) is 58.5 Å². The molecule has 0 spiro atoms. The first-order chi connectivity index (χ1) is 7.06. The molecule has 15 heavy (non-hydrogen) atoms. The van der Waals surface area contributed by atoms with Gasteiger partial charge >= 0.3 is 0 Å². The zero-order chi connectivity index (χ0) is 11.0. The highest BCUT2D eigenvalue weighted by atomic mass is 16.3. The summed E-state index contributed by atoms with van der Waals surface area (Å²) in [5, 5.41) is 21.8. The Morgan fingerprint density at radius 1 is 1.07 bits per heavy atom. The Morgan fingerprint density at radius 2 is 1.47 bits per heavy atom. The maximum atomic E-state index is 9.19. The van der Waals surface area contributed by atoms with E-state index in [0.29, 0.717) is 12.3 Å². The summed E-state index contributed by atoms with van der Waals surface area (Å²) in [4.78, 5) is 4.42. The van der Waals surface area contributed by atoms with Gasteiger partial charge in [-0.25, -0.2) is 0 Å². The third-order valence-corrected chi connectivity index (χ3v) is 2.81. The predicted molar refractivity (Wildman–Crippen MR) is 57.2 cm³/mol. The van der Waals surface area contributed by atoms with E-state index in [1.54, 1.807) is 0 Å². The minimum Gasteiger partial charge on any atom is -0.392 e. The van der Waals surface area contributed by atoms with Crippen LogP contribution in [0.25, 0.3) is 0 Å². The van der Waals surface area contributed by atoms with Crippen LogP contribution < -0.4 is 5.32 Å². The van der Waals surface area contributed by atoms with Crippen molar-refractivity contribution in [3.05, 3.63) is 0 Å². The molecule has 0 amide bonds. The lowest BCUT2D eigenvalue weighted by atomic mass is 10.4. The number of aliphatic hydroxyl groups excluding tert-OH is 2. The molecule has 2 aliphatic heterocycles. The molecule has 0 aromatic rings. The predicted octanol–water partition coefficient (Wildman–Crippen LogP) is -1.38. The second kappa shape index (κ2) is 4.35. The molecule has 0 saturated carbocycles. The van der Waals surface area contributed by atoms with E-state index in [-0.39, 0.29) is 12.2 Å². The van der Waals surface area contributed by atoms with Gasteiger partial charge in [0.05, 0.1) is 24.5 Å². The van der Waals surface area contributed by atoms with Gasteiger partial charge in [-0.15, -0.1) is 0 Å². The average Bonchev–Trinajstić information content (AvgIpc) is 2.94. The van der Waals surface area contributed by atoms with Crippen molar-refractivity contribution in [1.29, 1.82) is 0 Å². The Kier molecular flexibility index (Phi) is 3.27. The number of aliphatic hydroxyl groups is 2. The molecule has 0 aliphatic carbocycles. The van der Waals surface area contributed by atoms with Crippen molar-refractivity contribution in [2.24, 2.45) is 0 Å². The Balaban J connectivity index is 1.57. The van der Waals surface area contributed by atoms with Crippen molar-refractivity contribution in [1.82, 2.24) is 15.1 Å². The van der Waals surface area contributed by atoms with E-state index >= 15 is 0 Å². The lowest BCUT2D eigenvalue weighted by Gasteiger charge is -2.08. The van der Waals surface area contributed by atoms with Gasteiger partial charge in [0, 0.05) is 26.2 Å². The Morgan fingerprint density at radius 3 is 1.80 bits per heavy atom. The summed E-state index contributed by atoms with van der Waals surface area (Å²) in [6.45, 7) is 7.19. The molecule has 5 nitrogen and oxygen atoms in total. The molecule has 6 unspecified atom stereocenters. The first-order valence-electron chi connectivity index (χ1n) is 5.66. The van der Waals surface area contributed by atoms with Crippen LogP contribution >= 0.6 is 0 Å². The van der Waals surface area contributed by atoms with Crippen molar-refractivity contribution >= 4 is 0 Å². The number of nitrogens with zero attached hydrogens (tertiary/aromatic N) is 2. The third kappa shape index (κ3) is 3.39. The molecule has 2 rings (SSSR count). The van der Waals surface area contributed by atoms with Gasteiger partial charge in [0.1, 0.15) is 0 Å². The third-order valence-electron chi connectivity index (χ3n) is 2.81. The SMILES string of the molecule is CC(O)CN1CC1NC1CN1CC(C)O. The molecule has 2 fully saturated rings. The van der Waals surface area contributed by atoms with Crippen LogP contribution in [0.1, 0.15) is 13.8 Å². The van der Waals surface area contributed by atoms with E-state index in [4.69, 9.17) is 0 Å². The molecule has 3 N–H and O–H groups in total. The minimum atomic E-state index is -0.246. The van der Waals surface area contributed by atoms with Crippen LogP contribution in [-0.4, -0.2) is 70.7 Å². The summed E-state index contributed by atoms with van der Waals surface area (Å²) < 4.78 is 0. The average molecular weight is 215 g/mol. The second-order valence-corrected chi connectivity index (χ2v) is 4.80. The second-order valence-electron chi connectivity index (χ2n) is 4.80. The van der Waals surface area contributed by atoms with Crippen molar-refractivity contribution in [2.75, 3.05) is 26.2 Å². The molecule has 2 aliphatic rings. The monoisotopic (exact) mass is 215 g/mol. The number of nitrogens with one attached hydrogen (secondary N) is 1. The number of β-amino-alcohol motifs (C(OH)–C–C–N with tert-alkyl or cyclic N) is 2. The fourth-order valence-electron chi connectivity index (χ4n) is 1.97. The molecule has 0 radical (unpaired) electrons. The van der Waals surface area contributed by atoms with Crippen LogP contribution in [0.2, 0.25) is 0 Å². The van der Waals surface area contributed by atoms with Gasteiger partial charge in [0.25, 0.3) is 0 Å². The Hall–Kier alpha value is -0.200. The van der Waals surface area contributed by atoms with Crippen LogP contribution in [0.4, 0.5) is 0 Å². The van der Waals surface area contributed by atoms with E-state index < -0.39 is 0 Å². The smallest absolute Gasteiger partial charge is 0.0743 e. The molecule has 0 aromatic heterocycles. The van der Waals surface area contributed by atoms with Gasteiger partial charge < -0.3 is 10.2 Å². The van der Waals surface area contributed by atoms with Crippen molar-refractivity contribution < 1.29 is 10.2 Å². The number of hydrogen-bond donors (Lipinski definition) is 3. The van der Waals surface area contributed by atoms with Gasteiger partial charge in [0.2, 0.25) is 0 Å². The maximum absolute atomic E-state index is 9.19. The van der Waals surface area contributed by atoms with Gasteiger partial charge in [-0.2, -0.15) is 0 Å². The van der Waals surface area contributed by atoms with Crippen molar-refractivity contribution in [2.45, 2.75) is 38.4 Å². The van der Waals surface area contributed by atoms with Gasteiger partial charge in [-0.05, 0) is 13.8 Å². The van der Waals surface area contributed by atoms with Crippen molar-refractivity contribution in [3.8, 4) is 0 Å². The first-order valence-corrected chi connectivity index (χ1v) is 5.66. The van der Waals surface area contributed by atoms with Crippen LogP contribution in [0.3, 0.4) is 0 Å². The Labute approximate surface area is 90.7 Å². The Bertz CT molecular complexity index is 201. The highest BCUT2D eigenvalue weighted by molar-refractivity contribution is 4.96. The molecule has 2 saturated heterocycles. The van der Waals surface area contributed by atoms with Gasteiger partial charge in [-0.3, -0.25) is 15.1 Å². The lowest BCUT2D eigenvalue weighted by Crippen LogP contribution is -2.31. The lowest BCUT2D eigenvalue weighted by molar-refractivity contribution is 0.161. The normalized spacial score (nSPS) is 42.4. The molecule has 88 valence electrons. The number of hydrogen-bond acceptors (Lipinski definition) is 5. The van der Waals surface area contributed by atoms with Crippen LogP contribution in [-0.2, 0) is 0 Å². The zero-order valence-electron chi connectivity index (χ0n) is 9.43. The summed E-state index contributed by atoms with van der Waals surface area (Å²) >= 11 is 0.